The van der Waals surface area contributed by atoms with Gasteiger partial charge in [-0.3, -0.25) is 0 Å². The second-order valence-electron chi connectivity index (χ2n) is 3.90. The van der Waals surface area contributed by atoms with E-state index in [0.717, 1.165) is 32.7 Å². The van der Waals surface area contributed by atoms with E-state index >= 15 is 0 Å². The molecule has 0 aliphatic heterocycles. The van der Waals surface area contributed by atoms with Gasteiger partial charge in [-0.1, -0.05) is 25.8 Å². The molecule has 0 aliphatic carbocycles. The molecule has 1 aromatic heterocycles. The molecular weight excluding hydrogens is 218 g/mol. The molecule has 0 fully saturated rings. The Hall–Kier alpha value is -0.380. The van der Waals surface area contributed by atoms with E-state index in [1.54, 1.807) is 11.3 Å². The normalized spacial score (nSPS) is 10.8. The van der Waals surface area contributed by atoms with Crippen LogP contribution in [-0.4, -0.2) is 26.3 Å². The molecule has 0 radical (unpaired) electrons. The summed E-state index contributed by atoms with van der Waals surface area (Å²) in [6.45, 7) is 6.01. The van der Waals surface area contributed by atoms with E-state index in [2.05, 4.69) is 29.8 Å². The van der Waals surface area contributed by atoms with Gasteiger partial charge in [-0.25, -0.2) is 0 Å². The Bertz CT molecular complexity index is 236. The Morgan fingerprint density at radius 2 is 2.19 bits per heavy atom. The first-order valence-corrected chi connectivity index (χ1v) is 7.12. The van der Waals surface area contributed by atoms with Gasteiger partial charge >= 0.3 is 0 Å². The minimum Gasteiger partial charge on any atom is -0.380 e. The van der Waals surface area contributed by atoms with E-state index in [0.29, 0.717) is 0 Å². The largest absolute Gasteiger partial charge is 0.380 e. The van der Waals surface area contributed by atoms with Gasteiger partial charge in [0.2, 0.25) is 0 Å². The fraction of sp³-hybridized carbons (Fsp3) is 0.692. The first-order chi connectivity index (χ1) is 7.93. The summed E-state index contributed by atoms with van der Waals surface area (Å²) in [6.07, 6.45) is 4.95. The molecule has 0 saturated heterocycles. The van der Waals surface area contributed by atoms with Gasteiger partial charge in [0, 0.05) is 17.8 Å². The maximum atomic E-state index is 5.56. The van der Waals surface area contributed by atoms with Gasteiger partial charge in [-0.2, -0.15) is 0 Å². The number of hydrogen-bond donors (Lipinski definition) is 1. The van der Waals surface area contributed by atoms with Crippen molar-refractivity contribution in [3.63, 3.8) is 0 Å². The summed E-state index contributed by atoms with van der Waals surface area (Å²) in [7, 11) is 0. The van der Waals surface area contributed by atoms with Gasteiger partial charge < -0.3 is 10.1 Å². The van der Waals surface area contributed by atoms with Crippen molar-refractivity contribution in [2.75, 3.05) is 26.3 Å². The minimum atomic E-state index is 0.831. The van der Waals surface area contributed by atoms with Crippen LogP contribution in [-0.2, 0) is 11.2 Å². The van der Waals surface area contributed by atoms with Crippen molar-refractivity contribution in [1.82, 2.24) is 5.32 Å². The maximum Gasteiger partial charge on any atom is 0.0591 e. The molecule has 0 amide bonds. The topological polar surface area (TPSA) is 21.3 Å². The quantitative estimate of drug-likeness (QED) is 0.636. The third-order valence-corrected chi connectivity index (χ3v) is 3.39. The average molecular weight is 241 g/mol. The molecule has 16 heavy (non-hydrogen) atoms. The van der Waals surface area contributed by atoms with Gasteiger partial charge in [0.15, 0.2) is 0 Å². The van der Waals surface area contributed by atoms with Gasteiger partial charge in [0.25, 0.3) is 0 Å². The molecule has 0 atom stereocenters. The van der Waals surface area contributed by atoms with E-state index in [-0.39, 0.29) is 0 Å². The summed E-state index contributed by atoms with van der Waals surface area (Å²) in [5.74, 6) is 0. The lowest BCUT2D eigenvalue weighted by atomic mass is 10.2. The molecule has 1 rings (SSSR count). The average Bonchev–Trinajstić information content (AvgIpc) is 2.80. The molecule has 3 heteroatoms. The Morgan fingerprint density at radius 1 is 1.25 bits per heavy atom. The van der Waals surface area contributed by atoms with E-state index in [4.69, 9.17) is 4.74 Å². The Labute approximate surface area is 103 Å². The third kappa shape index (κ3) is 6.99. The van der Waals surface area contributed by atoms with E-state index in [9.17, 15) is 0 Å². The van der Waals surface area contributed by atoms with Crippen LogP contribution < -0.4 is 5.32 Å². The van der Waals surface area contributed by atoms with E-state index in [1.807, 2.05) is 0 Å². The molecule has 1 heterocycles. The highest BCUT2D eigenvalue weighted by molar-refractivity contribution is 7.09. The van der Waals surface area contributed by atoms with Crippen molar-refractivity contribution in [1.29, 1.82) is 0 Å². The van der Waals surface area contributed by atoms with Crippen LogP contribution in [0.5, 0.6) is 0 Å². The van der Waals surface area contributed by atoms with Crippen LogP contribution in [0.15, 0.2) is 17.5 Å². The first-order valence-electron chi connectivity index (χ1n) is 6.24. The zero-order valence-corrected chi connectivity index (χ0v) is 11.0. The van der Waals surface area contributed by atoms with Crippen molar-refractivity contribution >= 4 is 11.3 Å². The second kappa shape index (κ2) is 9.82. The lowest BCUT2D eigenvalue weighted by Crippen LogP contribution is -2.21. The van der Waals surface area contributed by atoms with Crippen LogP contribution in [0.4, 0.5) is 0 Å². The summed E-state index contributed by atoms with van der Waals surface area (Å²) in [4.78, 5) is 1.41. The monoisotopic (exact) mass is 241 g/mol. The SMILES string of the molecule is CCCCCNCCOCCc1cccs1. The Kier molecular flexibility index (Phi) is 8.40. The zero-order chi connectivity index (χ0) is 11.5. The molecular formula is C13H23NOS. The van der Waals surface area contributed by atoms with Gasteiger partial charge in [0.1, 0.15) is 0 Å². The second-order valence-corrected chi connectivity index (χ2v) is 4.93. The van der Waals surface area contributed by atoms with E-state index in [1.165, 1.54) is 24.1 Å². The van der Waals surface area contributed by atoms with Gasteiger partial charge in [0.05, 0.1) is 13.2 Å². The van der Waals surface area contributed by atoms with Crippen LogP contribution in [0.2, 0.25) is 0 Å². The molecule has 0 bridgehead atoms. The van der Waals surface area contributed by atoms with E-state index < -0.39 is 0 Å². The van der Waals surface area contributed by atoms with Gasteiger partial charge in [-0.05, 0) is 24.4 Å². The molecule has 0 spiro atoms. The van der Waals surface area contributed by atoms with Crippen molar-refractivity contribution in [3.05, 3.63) is 22.4 Å². The number of ether oxygens (including phenoxy) is 1. The predicted molar refractivity (Wildman–Crippen MR) is 71.2 cm³/mol. The zero-order valence-electron chi connectivity index (χ0n) is 10.2. The number of rotatable bonds is 10. The van der Waals surface area contributed by atoms with Crippen LogP contribution in [0.3, 0.4) is 0 Å². The maximum absolute atomic E-state index is 5.56. The molecule has 1 aromatic rings. The summed E-state index contributed by atoms with van der Waals surface area (Å²) in [6, 6.07) is 4.26. The van der Waals surface area contributed by atoms with Gasteiger partial charge in [-0.15, -0.1) is 11.3 Å². The number of thiophene rings is 1. The van der Waals surface area contributed by atoms with Crippen molar-refractivity contribution < 1.29 is 4.74 Å². The Balaban J connectivity index is 1.78. The molecule has 0 unspecified atom stereocenters. The highest BCUT2D eigenvalue weighted by Gasteiger charge is 1.93. The summed E-state index contributed by atoms with van der Waals surface area (Å²) in [5.41, 5.74) is 0. The van der Waals surface area contributed by atoms with Crippen LogP contribution in [0, 0.1) is 0 Å². The molecule has 2 nitrogen and oxygen atoms in total. The Morgan fingerprint density at radius 3 is 2.94 bits per heavy atom. The fourth-order valence-electron chi connectivity index (χ4n) is 1.50. The smallest absolute Gasteiger partial charge is 0.0591 e. The molecule has 0 aromatic carbocycles. The predicted octanol–water partition coefficient (Wildman–Crippen LogP) is 3.09. The lowest BCUT2D eigenvalue weighted by molar-refractivity contribution is 0.139. The number of nitrogens with one attached hydrogen (secondary N) is 1. The molecule has 92 valence electrons. The third-order valence-electron chi connectivity index (χ3n) is 2.45. The first kappa shape index (κ1) is 13.7. The highest BCUT2D eigenvalue weighted by atomic mass is 32.1. The van der Waals surface area contributed by atoms with Crippen LogP contribution in [0.25, 0.3) is 0 Å². The summed E-state index contributed by atoms with van der Waals surface area (Å²) in [5, 5.41) is 5.51. The summed E-state index contributed by atoms with van der Waals surface area (Å²) >= 11 is 1.80. The van der Waals surface area contributed by atoms with Crippen LogP contribution >= 0.6 is 11.3 Å². The standard InChI is InChI=1S/C13H23NOS/c1-2-3-4-8-14-9-11-15-10-7-13-6-5-12-16-13/h5-6,12,14H,2-4,7-11H2,1H3. The number of unbranched alkanes of at least 4 members (excludes halogenated alkanes) is 2. The minimum absolute atomic E-state index is 0.831. The molecule has 0 saturated carbocycles. The highest BCUT2D eigenvalue weighted by Crippen LogP contribution is 2.08. The number of hydrogen-bond acceptors (Lipinski definition) is 3. The van der Waals surface area contributed by atoms with Crippen molar-refractivity contribution in [2.24, 2.45) is 0 Å². The fourth-order valence-corrected chi connectivity index (χ4v) is 2.19. The van der Waals surface area contributed by atoms with Crippen molar-refractivity contribution in [2.45, 2.75) is 32.6 Å². The lowest BCUT2D eigenvalue weighted by Gasteiger charge is -2.05. The summed E-state index contributed by atoms with van der Waals surface area (Å²) < 4.78 is 5.56. The van der Waals surface area contributed by atoms with Crippen LogP contribution in [0.1, 0.15) is 31.1 Å². The van der Waals surface area contributed by atoms with Crippen molar-refractivity contribution in [3.8, 4) is 0 Å². The molecule has 1 N–H and O–H groups in total. The molecule has 0 aliphatic rings.